The van der Waals surface area contributed by atoms with Crippen molar-refractivity contribution in [1.29, 1.82) is 0 Å². The number of rotatable bonds is 5. The predicted octanol–water partition coefficient (Wildman–Crippen LogP) is 1.98. The van der Waals surface area contributed by atoms with Crippen LogP contribution in [-0.4, -0.2) is 23.8 Å². The fraction of sp³-hybridized carbons (Fsp3) is 0.818. The molecule has 0 aliphatic carbocycles. The maximum absolute atomic E-state index is 5.35. The van der Waals surface area contributed by atoms with Crippen LogP contribution in [0, 0.1) is 0 Å². The van der Waals surface area contributed by atoms with Crippen LogP contribution in [0.2, 0.25) is 0 Å². The molecule has 0 saturated carbocycles. The highest BCUT2D eigenvalue weighted by Crippen LogP contribution is 2.24. The van der Waals surface area contributed by atoms with Crippen LogP contribution >= 0.6 is 0 Å². The van der Waals surface area contributed by atoms with E-state index in [4.69, 9.17) is 9.26 Å². The summed E-state index contributed by atoms with van der Waals surface area (Å²) in [5.74, 6) is 1.37. The summed E-state index contributed by atoms with van der Waals surface area (Å²) in [6.45, 7) is 3.15. The molecule has 16 heavy (non-hydrogen) atoms. The Kier molecular flexibility index (Phi) is 3.90. The Morgan fingerprint density at radius 2 is 2.50 bits per heavy atom. The lowest BCUT2D eigenvalue weighted by Gasteiger charge is -2.08. The normalized spacial score (nSPS) is 22.5. The standard InChI is InChI=1S/C11H19N3O2/c1-3-5-9(15-2)10-13-11(16-14-10)8-6-4-7-12-8/h8-9,12H,3-7H2,1-2H3/t8-,9?/m1/s1. The highest BCUT2D eigenvalue weighted by molar-refractivity contribution is 4.97. The minimum absolute atomic E-state index is 0.0381. The zero-order valence-electron chi connectivity index (χ0n) is 9.90. The van der Waals surface area contributed by atoms with E-state index in [-0.39, 0.29) is 12.1 Å². The molecule has 1 aliphatic heterocycles. The summed E-state index contributed by atoms with van der Waals surface area (Å²) in [7, 11) is 1.68. The third-order valence-corrected chi connectivity index (χ3v) is 2.94. The van der Waals surface area contributed by atoms with Crippen LogP contribution in [0.4, 0.5) is 0 Å². The van der Waals surface area contributed by atoms with E-state index in [0.717, 1.165) is 25.8 Å². The summed E-state index contributed by atoms with van der Waals surface area (Å²) in [6.07, 6.45) is 4.18. The van der Waals surface area contributed by atoms with Gasteiger partial charge in [-0.15, -0.1) is 0 Å². The van der Waals surface area contributed by atoms with Crippen molar-refractivity contribution in [3.05, 3.63) is 11.7 Å². The van der Waals surface area contributed by atoms with Crippen molar-refractivity contribution >= 4 is 0 Å². The summed E-state index contributed by atoms with van der Waals surface area (Å²) in [5.41, 5.74) is 0. The van der Waals surface area contributed by atoms with E-state index in [0.29, 0.717) is 11.7 Å². The zero-order chi connectivity index (χ0) is 11.4. The van der Waals surface area contributed by atoms with Crippen molar-refractivity contribution in [3.8, 4) is 0 Å². The Bertz CT molecular complexity index is 321. The second kappa shape index (κ2) is 5.41. The first-order chi connectivity index (χ1) is 7.85. The highest BCUT2D eigenvalue weighted by Gasteiger charge is 2.24. The number of ether oxygens (including phenoxy) is 1. The lowest BCUT2D eigenvalue weighted by molar-refractivity contribution is 0.0854. The van der Waals surface area contributed by atoms with Gasteiger partial charge < -0.3 is 14.6 Å². The highest BCUT2D eigenvalue weighted by atomic mass is 16.5. The Balaban J connectivity index is 2.05. The van der Waals surface area contributed by atoms with E-state index >= 15 is 0 Å². The quantitative estimate of drug-likeness (QED) is 0.830. The van der Waals surface area contributed by atoms with Gasteiger partial charge in [0.2, 0.25) is 11.7 Å². The molecule has 0 aromatic carbocycles. The summed E-state index contributed by atoms with van der Waals surface area (Å²) in [5, 5.41) is 7.34. The molecule has 1 N–H and O–H groups in total. The molecule has 0 spiro atoms. The van der Waals surface area contributed by atoms with Crippen LogP contribution < -0.4 is 5.32 Å². The maximum Gasteiger partial charge on any atom is 0.243 e. The number of nitrogens with one attached hydrogen (secondary N) is 1. The molecular weight excluding hydrogens is 206 g/mol. The zero-order valence-corrected chi connectivity index (χ0v) is 9.90. The van der Waals surface area contributed by atoms with Crippen molar-refractivity contribution in [2.24, 2.45) is 0 Å². The monoisotopic (exact) mass is 225 g/mol. The van der Waals surface area contributed by atoms with E-state index in [2.05, 4.69) is 22.4 Å². The lowest BCUT2D eigenvalue weighted by atomic mass is 10.2. The molecule has 90 valence electrons. The maximum atomic E-state index is 5.35. The fourth-order valence-electron chi connectivity index (χ4n) is 2.03. The summed E-state index contributed by atoms with van der Waals surface area (Å²) in [6, 6.07) is 0.236. The molecule has 1 aromatic heterocycles. The average Bonchev–Trinajstić information content (AvgIpc) is 2.95. The van der Waals surface area contributed by atoms with Gasteiger partial charge in [-0.2, -0.15) is 4.98 Å². The van der Waals surface area contributed by atoms with E-state index in [1.165, 1.54) is 6.42 Å². The minimum atomic E-state index is -0.0381. The minimum Gasteiger partial charge on any atom is -0.373 e. The van der Waals surface area contributed by atoms with E-state index in [1.54, 1.807) is 7.11 Å². The van der Waals surface area contributed by atoms with Gasteiger partial charge in [0.1, 0.15) is 6.10 Å². The van der Waals surface area contributed by atoms with Crippen LogP contribution in [0.5, 0.6) is 0 Å². The number of aromatic nitrogens is 2. The van der Waals surface area contributed by atoms with Crippen molar-refractivity contribution in [3.63, 3.8) is 0 Å². The van der Waals surface area contributed by atoms with Gasteiger partial charge in [-0.25, -0.2) is 0 Å². The molecule has 2 heterocycles. The van der Waals surface area contributed by atoms with Gasteiger partial charge >= 0.3 is 0 Å². The molecule has 2 rings (SSSR count). The molecule has 5 heteroatoms. The lowest BCUT2D eigenvalue weighted by Crippen LogP contribution is -2.13. The van der Waals surface area contributed by atoms with Gasteiger partial charge in [0.25, 0.3) is 0 Å². The summed E-state index contributed by atoms with van der Waals surface area (Å²) >= 11 is 0. The Labute approximate surface area is 95.6 Å². The van der Waals surface area contributed by atoms with Crippen LogP contribution in [-0.2, 0) is 4.74 Å². The van der Waals surface area contributed by atoms with Crippen LogP contribution in [0.25, 0.3) is 0 Å². The molecule has 0 amide bonds. The topological polar surface area (TPSA) is 60.2 Å². The summed E-state index contributed by atoms with van der Waals surface area (Å²) < 4.78 is 10.6. The average molecular weight is 225 g/mol. The summed E-state index contributed by atoms with van der Waals surface area (Å²) in [4.78, 5) is 4.42. The van der Waals surface area contributed by atoms with Crippen molar-refractivity contribution in [1.82, 2.24) is 15.5 Å². The Morgan fingerprint density at radius 3 is 3.12 bits per heavy atom. The predicted molar refractivity (Wildman–Crippen MR) is 58.9 cm³/mol. The van der Waals surface area contributed by atoms with E-state index in [1.807, 2.05) is 0 Å². The number of hydrogen-bond donors (Lipinski definition) is 1. The molecule has 0 bridgehead atoms. The second-order valence-electron chi connectivity index (χ2n) is 4.15. The van der Waals surface area contributed by atoms with Gasteiger partial charge in [-0.05, 0) is 25.8 Å². The van der Waals surface area contributed by atoms with Gasteiger partial charge in [0.15, 0.2) is 0 Å². The molecule has 5 nitrogen and oxygen atoms in total. The first kappa shape index (κ1) is 11.5. The van der Waals surface area contributed by atoms with Crippen molar-refractivity contribution in [2.45, 2.75) is 44.8 Å². The third kappa shape index (κ3) is 2.41. The Hall–Kier alpha value is -0.940. The number of hydrogen-bond acceptors (Lipinski definition) is 5. The van der Waals surface area contributed by atoms with Crippen LogP contribution in [0.15, 0.2) is 4.52 Å². The first-order valence-corrected chi connectivity index (χ1v) is 5.94. The second-order valence-corrected chi connectivity index (χ2v) is 4.15. The molecule has 1 fully saturated rings. The van der Waals surface area contributed by atoms with Gasteiger partial charge in [0.05, 0.1) is 6.04 Å². The number of methoxy groups -OCH3 is 1. The molecule has 1 saturated heterocycles. The van der Waals surface area contributed by atoms with E-state index in [9.17, 15) is 0 Å². The molecule has 0 radical (unpaired) electrons. The van der Waals surface area contributed by atoms with Gasteiger partial charge in [-0.3, -0.25) is 0 Å². The third-order valence-electron chi connectivity index (χ3n) is 2.94. The molecule has 1 aromatic rings. The first-order valence-electron chi connectivity index (χ1n) is 5.94. The van der Waals surface area contributed by atoms with Crippen molar-refractivity contribution < 1.29 is 9.26 Å². The van der Waals surface area contributed by atoms with Gasteiger partial charge in [0, 0.05) is 7.11 Å². The Morgan fingerprint density at radius 1 is 1.62 bits per heavy atom. The van der Waals surface area contributed by atoms with Crippen molar-refractivity contribution in [2.75, 3.05) is 13.7 Å². The molecular formula is C11H19N3O2. The molecule has 2 atom stereocenters. The van der Waals surface area contributed by atoms with Gasteiger partial charge in [-0.1, -0.05) is 18.5 Å². The van der Waals surface area contributed by atoms with E-state index < -0.39 is 0 Å². The largest absolute Gasteiger partial charge is 0.373 e. The molecule has 1 aliphatic rings. The molecule has 1 unspecified atom stereocenters. The fourth-order valence-corrected chi connectivity index (χ4v) is 2.03. The van der Waals surface area contributed by atoms with Crippen LogP contribution in [0.3, 0.4) is 0 Å². The number of nitrogens with zero attached hydrogens (tertiary/aromatic N) is 2. The smallest absolute Gasteiger partial charge is 0.243 e. The SMILES string of the molecule is CCCC(OC)c1noc([C@H]2CCCN2)n1. The van der Waals surface area contributed by atoms with Crippen LogP contribution in [0.1, 0.15) is 56.5 Å².